The van der Waals surface area contributed by atoms with E-state index in [1.165, 1.54) is 4.31 Å². The van der Waals surface area contributed by atoms with Gasteiger partial charge in [-0.25, -0.2) is 8.42 Å². The van der Waals surface area contributed by atoms with E-state index in [1.54, 1.807) is 31.3 Å². The van der Waals surface area contributed by atoms with Gasteiger partial charge in [-0.2, -0.15) is 4.31 Å². The zero-order valence-electron chi connectivity index (χ0n) is 13.1. The SMILES string of the molecule is CC(C)CC(C)N(C)S(=O)(=O)c1ccc(C#CCN)cc1. The number of hydrogen-bond donors (Lipinski definition) is 1. The van der Waals surface area contributed by atoms with Gasteiger partial charge in [-0.1, -0.05) is 25.7 Å². The maximum atomic E-state index is 12.6. The molecule has 0 radical (unpaired) electrons. The third kappa shape index (κ3) is 4.85. The Bertz CT molecular complexity index is 610. The molecule has 1 unspecified atom stereocenters. The number of nitrogens with two attached hydrogens (primary N) is 1. The lowest BCUT2D eigenvalue weighted by molar-refractivity contribution is 0.338. The van der Waals surface area contributed by atoms with E-state index in [2.05, 4.69) is 25.7 Å². The van der Waals surface area contributed by atoms with E-state index >= 15 is 0 Å². The molecule has 1 aromatic rings. The normalized spacial score (nSPS) is 13.1. The van der Waals surface area contributed by atoms with Crippen LogP contribution in [0.2, 0.25) is 0 Å². The van der Waals surface area contributed by atoms with Crippen molar-refractivity contribution in [3.63, 3.8) is 0 Å². The Morgan fingerprint density at radius 1 is 1.19 bits per heavy atom. The number of rotatable bonds is 5. The van der Waals surface area contributed by atoms with Crippen molar-refractivity contribution >= 4 is 10.0 Å². The summed E-state index contributed by atoms with van der Waals surface area (Å²) in [6.45, 7) is 6.39. The van der Waals surface area contributed by atoms with Gasteiger partial charge in [0.05, 0.1) is 11.4 Å². The van der Waals surface area contributed by atoms with Crippen LogP contribution in [0.25, 0.3) is 0 Å². The zero-order chi connectivity index (χ0) is 16.0. The van der Waals surface area contributed by atoms with E-state index in [0.717, 1.165) is 12.0 Å². The second-order valence-electron chi connectivity index (χ2n) is 5.53. The predicted octanol–water partition coefficient (Wildman–Crippen LogP) is 2.05. The third-order valence-corrected chi connectivity index (χ3v) is 5.29. The fourth-order valence-electron chi connectivity index (χ4n) is 2.10. The Kier molecular flexibility index (Phi) is 6.41. The first kappa shape index (κ1) is 17.7. The summed E-state index contributed by atoms with van der Waals surface area (Å²) in [6, 6.07) is 6.56. The molecule has 0 aliphatic heterocycles. The monoisotopic (exact) mass is 308 g/mol. The summed E-state index contributed by atoms with van der Waals surface area (Å²) < 4.78 is 26.5. The highest BCUT2D eigenvalue weighted by molar-refractivity contribution is 7.89. The lowest BCUT2D eigenvalue weighted by Crippen LogP contribution is -2.35. The fourth-order valence-corrected chi connectivity index (χ4v) is 3.47. The zero-order valence-corrected chi connectivity index (χ0v) is 13.9. The molecule has 0 saturated carbocycles. The second kappa shape index (κ2) is 7.60. The van der Waals surface area contributed by atoms with Gasteiger partial charge in [0.1, 0.15) is 0 Å². The van der Waals surface area contributed by atoms with Crippen molar-refractivity contribution < 1.29 is 8.42 Å². The van der Waals surface area contributed by atoms with Crippen LogP contribution in [0.15, 0.2) is 29.2 Å². The van der Waals surface area contributed by atoms with Gasteiger partial charge in [-0.05, 0) is 43.5 Å². The minimum Gasteiger partial charge on any atom is -0.320 e. The molecule has 21 heavy (non-hydrogen) atoms. The standard InChI is InChI=1S/C16H24N2O2S/c1-13(2)12-14(3)18(4)21(19,20)16-9-7-15(8-10-16)6-5-11-17/h7-10,13-14H,11-12,17H2,1-4H3. The Morgan fingerprint density at radius 3 is 2.24 bits per heavy atom. The molecule has 0 aromatic heterocycles. The van der Waals surface area contributed by atoms with Crippen LogP contribution in [0, 0.1) is 17.8 Å². The number of sulfonamides is 1. The van der Waals surface area contributed by atoms with Gasteiger partial charge in [-0.15, -0.1) is 0 Å². The molecule has 0 heterocycles. The van der Waals surface area contributed by atoms with Crippen LogP contribution in [-0.4, -0.2) is 32.4 Å². The lowest BCUT2D eigenvalue weighted by atomic mass is 10.1. The van der Waals surface area contributed by atoms with Crippen molar-refractivity contribution in [3.05, 3.63) is 29.8 Å². The summed E-state index contributed by atoms with van der Waals surface area (Å²) in [7, 11) is -1.83. The first-order chi connectivity index (χ1) is 9.78. The van der Waals surface area contributed by atoms with Crippen molar-refractivity contribution in [2.45, 2.75) is 38.1 Å². The van der Waals surface area contributed by atoms with Crippen LogP contribution in [-0.2, 0) is 10.0 Å². The summed E-state index contributed by atoms with van der Waals surface area (Å²) in [6.07, 6.45) is 0.829. The van der Waals surface area contributed by atoms with E-state index in [-0.39, 0.29) is 12.6 Å². The van der Waals surface area contributed by atoms with Crippen LogP contribution in [0.1, 0.15) is 32.8 Å². The molecule has 1 atom stereocenters. The van der Waals surface area contributed by atoms with Gasteiger partial charge in [0.15, 0.2) is 0 Å². The smallest absolute Gasteiger partial charge is 0.243 e. The molecule has 0 spiro atoms. The first-order valence-electron chi connectivity index (χ1n) is 7.06. The summed E-state index contributed by atoms with van der Waals surface area (Å²) in [5, 5.41) is 0. The lowest BCUT2D eigenvalue weighted by Gasteiger charge is -2.25. The van der Waals surface area contributed by atoms with Crippen LogP contribution >= 0.6 is 0 Å². The molecule has 1 rings (SSSR count). The molecular weight excluding hydrogens is 284 g/mol. The maximum Gasteiger partial charge on any atom is 0.243 e. The van der Waals surface area contributed by atoms with Crippen molar-refractivity contribution in [2.75, 3.05) is 13.6 Å². The van der Waals surface area contributed by atoms with Crippen LogP contribution in [0.3, 0.4) is 0 Å². The Labute approximate surface area is 128 Å². The molecular formula is C16H24N2O2S. The summed E-state index contributed by atoms with van der Waals surface area (Å²) in [4.78, 5) is 0.291. The van der Waals surface area contributed by atoms with Crippen molar-refractivity contribution in [1.29, 1.82) is 0 Å². The minimum absolute atomic E-state index is 0.0355. The molecule has 2 N–H and O–H groups in total. The average Bonchev–Trinajstić information content (AvgIpc) is 2.43. The summed E-state index contributed by atoms with van der Waals surface area (Å²) in [5.74, 6) is 6.07. The van der Waals surface area contributed by atoms with Crippen LogP contribution in [0.5, 0.6) is 0 Å². The molecule has 5 heteroatoms. The Balaban J connectivity index is 2.97. The van der Waals surface area contributed by atoms with E-state index in [4.69, 9.17) is 5.73 Å². The van der Waals surface area contributed by atoms with E-state index in [9.17, 15) is 8.42 Å². The largest absolute Gasteiger partial charge is 0.320 e. The van der Waals surface area contributed by atoms with Crippen molar-refractivity contribution in [2.24, 2.45) is 11.7 Å². The number of hydrogen-bond acceptors (Lipinski definition) is 3. The van der Waals surface area contributed by atoms with Gasteiger partial charge >= 0.3 is 0 Å². The number of nitrogens with zero attached hydrogens (tertiary/aromatic N) is 1. The predicted molar refractivity (Wildman–Crippen MR) is 86.2 cm³/mol. The molecule has 1 aromatic carbocycles. The maximum absolute atomic E-state index is 12.6. The van der Waals surface area contributed by atoms with Crippen LogP contribution < -0.4 is 5.73 Å². The van der Waals surface area contributed by atoms with E-state index in [0.29, 0.717) is 10.8 Å². The van der Waals surface area contributed by atoms with Crippen molar-refractivity contribution in [1.82, 2.24) is 4.31 Å². The van der Waals surface area contributed by atoms with Gasteiger partial charge in [-0.3, -0.25) is 0 Å². The second-order valence-corrected chi connectivity index (χ2v) is 7.53. The highest BCUT2D eigenvalue weighted by atomic mass is 32.2. The Morgan fingerprint density at radius 2 is 1.76 bits per heavy atom. The van der Waals surface area contributed by atoms with Crippen molar-refractivity contribution in [3.8, 4) is 11.8 Å². The molecule has 0 aliphatic rings. The minimum atomic E-state index is -3.46. The summed E-state index contributed by atoms with van der Waals surface area (Å²) >= 11 is 0. The summed E-state index contributed by atoms with van der Waals surface area (Å²) in [5.41, 5.74) is 6.07. The Hall–Kier alpha value is -1.35. The highest BCUT2D eigenvalue weighted by Crippen LogP contribution is 2.20. The molecule has 0 fully saturated rings. The molecule has 0 saturated heterocycles. The number of benzene rings is 1. The van der Waals surface area contributed by atoms with E-state index < -0.39 is 10.0 Å². The highest BCUT2D eigenvalue weighted by Gasteiger charge is 2.25. The molecule has 0 amide bonds. The molecule has 4 nitrogen and oxygen atoms in total. The topological polar surface area (TPSA) is 63.4 Å². The quantitative estimate of drug-likeness (QED) is 0.847. The van der Waals surface area contributed by atoms with Gasteiger partial charge in [0.25, 0.3) is 0 Å². The molecule has 0 bridgehead atoms. The fraction of sp³-hybridized carbons (Fsp3) is 0.500. The van der Waals surface area contributed by atoms with E-state index in [1.807, 2.05) is 6.92 Å². The van der Waals surface area contributed by atoms with Gasteiger partial charge in [0, 0.05) is 18.7 Å². The van der Waals surface area contributed by atoms with Gasteiger partial charge < -0.3 is 5.73 Å². The molecule has 0 aliphatic carbocycles. The average molecular weight is 308 g/mol. The van der Waals surface area contributed by atoms with Gasteiger partial charge in [0.2, 0.25) is 10.0 Å². The third-order valence-electron chi connectivity index (χ3n) is 3.30. The first-order valence-corrected chi connectivity index (χ1v) is 8.50. The van der Waals surface area contributed by atoms with Crippen LogP contribution in [0.4, 0.5) is 0 Å². The molecule has 116 valence electrons.